The van der Waals surface area contributed by atoms with Gasteiger partial charge in [-0.2, -0.15) is 0 Å². The summed E-state index contributed by atoms with van der Waals surface area (Å²) in [4.78, 5) is 14.3. The van der Waals surface area contributed by atoms with Gasteiger partial charge in [-0.05, 0) is 42.9 Å². The molecular weight excluding hydrogens is 331 g/mol. The van der Waals surface area contributed by atoms with E-state index in [4.69, 9.17) is 0 Å². The molecule has 7 heteroatoms. The highest BCUT2D eigenvalue weighted by Crippen LogP contribution is 2.15. The Morgan fingerprint density at radius 1 is 1.21 bits per heavy atom. The van der Waals surface area contributed by atoms with Crippen molar-refractivity contribution in [2.24, 2.45) is 5.92 Å². The van der Waals surface area contributed by atoms with Crippen LogP contribution in [0.4, 0.5) is 4.39 Å². The Kier molecular flexibility index (Phi) is 6.34. The van der Waals surface area contributed by atoms with Gasteiger partial charge in [0.1, 0.15) is 11.9 Å². The van der Waals surface area contributed by atoms with Gasteiger partial charge in [0, 0.05) is 13.1 Å². The van der Waals surface area contributed by atoms with Gasteiger partial charge in [0.05, 0.1) is 5.75 Å². The third-order valence-corrected chi connectivity index (χ3v) is 5.37. The van der Waals surface area contributed by atoms with E-state index in [1.54, 1.807) is 4.90 Å². The highest BCUT2D eigenvalue weighted by molar-refractivity contribution is 7.88. The highest BCUT2D eigenvalue weighted by Gasteiger charge is 2.30. The average molecular weight is 356 g/mol. The van der Waals surface area contributed by atoms with Gasteiger partial charge in [0.2, 0.25) is 15.9 Å². The summed E-state index contributed by atoms with van der Waals surface area (Å²) in [6, 6.07) is 4.59. The molecule has 24 heavy (non-hydrogen) atoms. The zero-order valence-corrected chi connectivity index (χ0v) is 15.0. The van der Waals surface area contributed by atoms with Crippen LogP contribution in [0, 0.1) is 11.7 Å². The number of hydrogen-bond acceptors (Lipinski definition) is 3. The molecule has 1 aromatic rings. The number of nitrogens with one attached hydrogen (secondary N) is 1. The molecule has 1 heterocycles. The SMILES string of the molecule is CC(C)C[C@H](NS(=O)(=O)Cc1ccc(F)cc1)C(=O)N1CCCC1. The molecule has 1 aromatic carbocycles. The first-order chi connectivity index (χ1) is 11.3. The summed E-state index contributed by atoms with van der Waals surface area (Å²) in [7, 11) is -3.69. The molecule has 1 aliphatic heterocycles. The van der Waals surface area contributed by atoms with Gasteiger partial charge in [0.15, 0.2) is 0 Å². The molecule has 5 nitrogen and oxygen atoms in total. The lowest BCUT2D eigenvalue weighted by molar-refractivity contribution is -0.132. The van der Waals surface area contributed by atoms with Crippen molar-refractivity contribution in [1.82, 2.24) is 9.62 Å². The summed E-state index contributed by atoms with van der Waals surface area (Å²) >= 11 is 0. The fourth-order valence-corrected chi connectivity index (χ4v) is 4.23. The minimum atomic E-state index is -3.69. The highest BCUT2D eigenvalue weighted by atomic mass is 32.2. The van der Waals surface area contributed by atoms with E-state index in [1.165, 1.54) is 24.3 Å². The molecule has 134 valence electrons. The predicted molar refractivity (Wildman–Crippen MR) is 91.2 cm³/mol. The van der Waals surface area contributed by atoms with Crippen molar-refractivity contribution in [3.63, 3.8) is 0 Å². The molecule has 0 aromatic heterocycles. The van der Waals surface area contributed by atoms with Crippen LogP contribution < -0.4 is 4.72 Å². The van der Waals surface area contributed by atoms with E-state index in [0.717, 1.165) is 12.8 Å². The minimum Gasteiger partial charge on any atom is -0.341 e. The van der Waals surface area contributed by atoms with Crippen molar-refractivity contribution < 1.29 is 17.6 Å². The zero-order chi connectivity index (χ0) is 17.7. The lowest BCUT2D eigenvalue weighted by atomic mass is 10.0. The molecular formula is C17H25FN2O3S. The number of nitrogens with zero attached hydrogens (tertiary/aromatic N) is 1. The number of sulfonamides is 1. The normalized spacial score (nSPS) is 16.6. The number of amides is 1. The molecule has 1 saturated heterocycles. The first-order valence-corrected chi connectivity index (χ1v) is 9.95. The van der Waals surface area contributed by atoms with Crippen LogP contribution >= 0.6 is 0 Å². The molecule has 1 aliphatic rings. The van der Waals surface area contributed by atoms with E-state index in [-0.39, 0.29) is 17.6 Å². The second kappa shape index (κ2) is 8.07. The van der Waals surface area contributed by atoms with Gasteiger partial charge in [-0.3, -0.25) is 4.79 Å². The maximum Gasteiger partial charge on any atom is 0.240 e. The number of hydrogen-bond donors (Lipinski definition) is 1. The molecule has 0 spiro atoms. The zero-order valence-electron chi connectivity index (χ0n) is 14.2. The average Bonchev–Trinajstić information content (AvgIpc) is 3.01. The van der Waals surface area contributed by atoms with Crippen LogP contribution in [0.1, 0.15) is 38.7 Å². The quantitative estimate of drug-likeness (QED) is 0.815. The Balaban J connectivity index is 2.08. The van der Waals surface area contributed by atoms with Crippen LogP contribution in [0.5, 0.6) is 0 Å². The minimum absolute atomic E-state index is 0.149. The number of benzene rings is 1. The van der Waals surface area contributed by atoms with E-state index in [1.807, 2.05) is 13.8 Å². The number of likely N-dealkylation sites (tertiary alicyclic amines) is 1. The smallest absolute Gasteiger partial charge is 0.240 e. The molecule has 0 radical (unpaired) electrons. The molecule has 2 rings (SSSR count). The van der Waals surface area contributed by atoms with E-state index in [9.17, 15) is 17.6 Å². The topological polar surface area (TPSA) is 66.5 Å². The van der Waals surface area contributed by atoms with Gasteiger partial charge in [-0.15, -0.1) is 0 Å². The number of carbonyl (C=O) groups is 1. The van der Waals surface area contributed by atoms with Crippen LogP contribution in [0.15, 0.2) is 24.3 Å². The summed E-state index contributed by atoms with van der Waals surface area (Å²) in [5.41, 5.74) is 0.487. The van der Waals surface area contributed by atoms with Crippen LogP contribution in [0.2, 0.25) is 0 Å². The number of carbonyl (C=O) groups excluding carboxylic acids is 1. The summed E-state index contributed by atoms with van der Waals surface area (Å²) in [6.07, 6.45) is 2.38. The van der Waals surface area contributed by atoms with Crippen molar-refractivity contribution in [1.29, 1.82) is 0 Å². The Labute approximate surface area is 143 Å². The summed E-state index contributed by atoms with van der Waals surface area (Å²) in [6.45, 7) is 5.29. The van der Waals surface area contributed by atoms with Crippen molar-refractivity contribution in [3.05, 3.63) is 35.6 Å². The third-order valence-electron chi connectivity index (χ3n) is 4.01. The Morgan fingerprint density at radius 3 is 2.33 bits per heavy atom. The Hall–Kier alpha value is -1.47. The predicted octanol–water partition coefficient (Wildman–Crippen LogP) is 2.28. The van der Waals surface area contributed by atoms with Gasteiger partial charge in [-0.25, -0.2) is 17.5 Å². The Bertz CT molecular complexity index is 653. The number of rotatable bonds is 7. The second-order valence-corrected chi connectivity index (χ2v) is 8.47. The van der Waals surface area contributed by atoms with E-state index < -0.39 is 21.9 Å². The maximum atomic E-state index is 12.9. The number of halogens is 1. The molecule has 0 aliphatic carbocycles. The van der Waals surface area contributed by atoms with Gasteiger partial charge in [0.25, 0.3) is 0 Å². The monoisotopic (exact) mass is 356 g/mol. The lowest BCUT2D eigenvalue weighted by Gasteiger charge is -2.25. The summed E-state index contributed by atoms with van der Waals surface area (Å²) < 4.78 is 40.3. The van der Waals surface area contributed by atoms with Crippen molar-refractivity contribution in [3.8, 4) is 0 Å². The van der Waals surface area contributed by atoms with Crippen LogP contribution in [0.3, 0.4) is 0 Å². The van der Waals surface area contributed by atoms with Gasteiger partial charge in [-0.1, -0.05) is 26.0 Å². The molecule has 0 unspecified atom stereocenters. The standard InChI is InChI=1S/C17H25FN2O3S/c1-13(2)11-16(17(21)20-9-3-4-10-20)19-24(22,23)12-14-5-7-15(18)8-6-14/h5-8,13,16,19H,3-4,9-12H2,1-2H3/t16-/m0/s1. The van der Waals surface area contributed by atoms with Crippen molar-refractivity contribution in [2.45, 2.75) is 44.9 Å². The lowest BCUT2D eigenvalue weighted by Crippen LogP contribution is -2.48. The summed E-state index contributed by atoms with van der Waals surface area (Å²) in [5, 5.41) is 0. The van der Waals surface area contributed by atoms with Gasteiger partial charge >= 0.3 is 0 Å². The van der Waals surface area contributed by atoms with Crippen LogP contribution in [0.25, 0.3) is 0 Å². The van der Waals surface area contributed by atoms with Crippen molar-refractivity contribution >= 4 is 15.9 Å². The molecule has 1 fully saturated rings. The molecule has 1 N–H and O–H groups in total. The largest absolute Gasteiger partial charge is 0.341 e. The fourth-order valence-electron chi connectivity index (χ4n) is 2.89. The third kappa shape index (κ3) is 5.56. The molecule has 1 amide bonds. The fraction of sp³-hybridized carbons (Fsp3) is 0.588. The molecule has 0 bridgehead atoms. The Morgan fingerprint density at radius 2 is 1.79 bits per heavy atom. The van der Waals surface area contributed by atoms with E-state index >= 15 is 0 Å². The second-order valence-electron chi connectivity index (χ2n) is 6.72. The summed E-state index contributed by atoms with van der Waals surface area (Å²) in [5.74, 6) is -0.639. The van der Waals surface area contributed by atoms with E-state index in [0.29, 0.717) is 25.1 Å². The first kappa shape index (κ1) is 18.9. The van der Waals surface area contributed by atoms with Crippen molar-refractivity contribution in [2.75, 3.05) is 13.1 Å². The van der Waals surface area contributed by atoms with Gasteiger partial charge < -0.3 is 4.90 Å². The maximum absolute atomic E-state index is 12.9. The van der Waals surface area contributed by atoms with Crippen LogP contribution in [-0.2, 0) is 20.6 Å². The van der Waals surface area contributed by atoms with Crippen LogP contribution in [-0.4, -0.2) is 38.4 Å². The first-order valence-electron chi connectivity index (χ1n) is 8.30. The molecule has 1 atom stereocenters. The molecule has 0 saturated carbocycles. The van der Waals surface area contributed by atoms with E-state index in [2.05, 4.69) is 4.72 Å².